The van der Waals surface area contributed by atoms with Crippen LogP contribution in [-0.4, -0.2) is 34.7 Å². The number of rotatable bonds is 3. The second-order valence-corrected chi connectivity index (χ2v) is 3.50. The summed E-state index contributed by atoms with van der Waals surface area (Å²) in [7, 11) is 1.25. The molecule has 0 bridgehead atoms. The molecule has 88 valence electrons. The maximum atomic E-state index is 12.2. The van der Waals surface area contributed by atoms with Crippen LogP contribution in [0.3, 0.4) is 0 Å². The maximum absolute atomic E-state index is 12.2. The zero-order valence-electron chi connectivity index (χ0n) is 8.32. The molecule has 0 amide bonds. The van der Waals surface area contributed by atoms with Crippen molar-refractivity contribution in [1.82, 2.24) is 9.97 Å². The first-order valence-corrected chi connectivity index (χ1v) is 4.61. The van der Waals surface area contributed by atoms with E-state index in [1.165, 1.54) is 19.4 Å². The molecule has 0 aliphatic carbocycles. The van der Waals surface area contributed by atoms with Crippen molar-refractivity contribution in [2.24, 2.45) is 5.73 Å². The van der Waals surface area contributed by atoms with Gasteiger partial charge in [0, 0.05) is 19.4 Å². The van der Waals surface area contributed by atoms with Crippen LogP contribution in [0.1, 0.15) is 5.69 Å². The van der Waals surface area contributed by atoms with Gasteiger partial charge in [-0.2, -0.15) is 13.2 Å². The van der Waals surface area contributed by atoms with Crippen LogP contribution in [0.2, 0.25) is 0 Å². The summed E-state index contributed by atoms with van der Waals surface area (Å²) in [6.07, 6.45) is -1.72. The molecule has 0 fully saturated rings. The van der Waals surface area contributed by atoms with Gasteiger partial charge in [-0.3, -0.25) is 0 Å². The second kappa shape index (κ2) is 4.60. The van der Waals surface area contributed by atoms with Gasteiger partial charge in [0.15, 0.2) is 5.82 Å². The van der Waals surface area contributed by atoms with Crippen molar-refractivity contribution < 1.29 is 13.2 Å². The average Bonchev–Trinajstić information content (AvgIpc) is 2.15. The van der Waals surface area contributed by atoms with Crippen molar-refractivity contribution >= 4 is 23.0 Å². The van der Waals surface area contributed by atoms with Crippen molar-refractivity contribution in [3.8, 4) is 0 Å². The third-order valence-electron chi connectivity index (χ3n) is 1.69. The van der Waals surface area contributed by atoms with Gasteiger partial charge in [-0.25, -0.2) is 9.97 Å². The van der Waals surface area contributed by atoms with Gasteiger partial charge in [0.2, 0.25) is 0 Å². The molecule has 0 unspecified atom stereocenters. The molecule has 1 rings (SSSR count). The summed E-state index contributed by atoms with van der Waals surface area (Å²) in [5.41, 5.74) is 5.42. The van der Waals surface area contributed by atoms with E-state index in [2.05, 4.69) is 22.2 Å². The van der Waals surface area contributed by atoms with Gasteiger partial charge in [0.25, 0.3) is 0 Å². The normalized spacial score (nSPS) is 11.2. The molecule has 0 aliphatic rings. The predicted octanol–water partition coefficient (Wildman–Crippen LogP) is 1.11. The van der Waals surface area contributed by atoms with Crippen LogP contribution in [0.15, 0.2) is 12.4 Å². The van der Waals surface area contributed by atoms with Gasteiger partial charge >= 0.3 is 6.18 Å². The van der Waals surface area contributed by atoms with E-state index in [9.17, 15) is 13.2 Å². The fraction of sp³-hybridized carbons (Fsp3) is 0.375. The molecule has 16 heavy (non-hydrogen) atoms. The molecule has 1 heterocycles. The summed E-state index contributed by atoms with van der Waals surface area (Å²) in [4.78, 5) is 8.39. The monoisotopic (exact) mass is 250 g/mol. The van der Waals surface area contributed by atoms with E-state index in [1.54, 1.807) is 0 Å². The maximum Gasteiger partial charge on any atom is 0.405 e. The minimum atomic E-state index is -4.32. The lowest BCUT2D eigenvalue weighted by Crippen LogP contribution is -2.33. The standard InChI is InChI=1S/C8H9F3N4S/c1-15(4-8(9,10)11)7-5(6(12)16)13-2-3-14-7/h2-3H,4H2,1H3,(H2,12,16). The third kappa shape index (κ3) is 3.30. The quantitative estimate of drug-likeness (QED) is 0.814. The SMILES string of the molecule is CN(CC(F)(F)F)c1nccnc1C(N)=S. The summed E-state index contributed by atoms with van der Waals surface area (Å²) in [6, 6.07) is 0. The van der Waals surface area contributed by atoms with Crippen molar-refractivity contribution in [3.63, 3.8) is 0 Å². The Bertz CT molecular complexity index is 393. The fourth-order valence-corrected chi connectivity index (χ4v) is 1.27. The van der Waals surface area contributed by atoms with E-state index in [0.717, 1.165) is 4.90 Å². The number of hydrogen-bond donors (Lipinski definition) is 1. The number of hydrogen-bond acceptors (Lipinski definition) is 4. The molecule has 0 radical (unpaired) electrons. The lowest BCUT2D eigenvalue weighted by atomic mass is 10.3. The third-order valence-corrected chi connectivity index (χ3v) is 1.88. The largest absolute Gasteiger partial charge is 0.405 e. The average molecular weight is 250 g/mol. The van der Waals surface area contributed by atoms with Crippen molar-refractivity contribution in [2.75, 3.05) is 18.5 Å². The molecule has 4 nitrogen and oxygen atoms in total. The highest BCUT2D eigenvalue weighted by Crippen LogP contribution is 2.20. The minimum absolute atomic E-state index is 0.0207. The molecular formula is C8H9F3N4S. The molecule has 0 aromatic carbocycles. The minimum Gasteiger partial charge on any atom is -0.388 e. The zero-order chi connectivity index (χ0) is 12.3. The van der Waals surface area contributed by atoms with Crippen molar-refractivity contribution in [1.29, 1.82) is 0 Å². The van der Waals surface area contributed by atoms with Crippen molar-refractivity contribution in [2.45, 2.75) is 6.18 Å². The van der Waals surface area contributed by atoms with Crippen LogP contribution in [0.5, 0.6) is 0 Å². The van der Waals surface area contributed by atoms with Crippen LogP contribution in [-0.2, 0) is 0 Å². The molecule has 0 spiro atoms. The number of alkyl halides is 3. The van der Waals surface area contributed by atoms with Gasteiger partial charge in [0.05, 0.1) is 0 Å². The summed E-state index contributed by atoms with van der Waals surface area (Å²) >= 11 is 4.68. The Kier molecular flexibility index (Phi) is 3.63. The Morgan fingerprint density at radius 3 is 2.50 bits per heavy atom. The van der Waals surface area contributed by atoms with Gasteiger partial charge < -0.3 is 10.6 Å². The van der Waals surface area contributed by atoms with Crippen LogP contribution >= 0.6 is 12.2 Å². The highest BCUT2D eigenvalue weighted by atomic mass is 32.1. The van der Waals surface area contributed by atoms with E-state index in [4.69, 9.17) is 5.73 Å². The predicted molar refractivity (Wildman–Crippen MR) is 57.2 cm³/mol. The second-order valence-electron chi connectivity index (χ2n) is 3.06. The van der Waals surface area contributed by atoms with Gasteiger partial charge in [0.1, 0.15) is 17.2 Å². The highest BCUT2D eigenvalue weighted by Gasteiger charge is 2.30. The number of aromatic nitrogens is 2. The summed E-state index contributed by atoms with van der Waals surface area (Å²) in [6.45, 7) is -1.14. The Labute approximate surface area is 95.3 Å². The highest BCUT2D eigenvalue weighted by molar-refractivity contribution is 7.80. The lowest BCUT2D eigenvalue weighted by molar-refractivity contribution is -0.119. The molecule has 0 saturated carbocycles. The first-order valence-electron chi connectivity index (χ1n) is 4.20. The van der Waals surface area contributed by atoms with Crippen LogP contribution in [0.25, 0.3) is 0 Å². The first kappa shape index (κ1) is 12.6. The Hall–Kier alpha value is -1.44. The topological polar surface area (TPSA) is 55.0 Å². The first-order chi connectivity index (χ1) is 7.31. The number of halogens is 3. The van der Waals surface area contributed by atoms with E-state index in [0.29, 0.717) is 0 Å². The Balaban J connectivity index is 2.99. The number of thiocarbonyl (C=S) groups is 1. The van der Waals surface area contributed by atoms with E-state index >= 15 is 0 Å². The molecular weight excluding hydrogens is 241 g/mol. The van der Waals surface area contributed by atoms with Gasteiger partial charge in [-0.15, -0.1) is 0 Å². The zero-order valence-corrected chi connectivity index (χ0v) is 9.14. The smallest absolute Gasteiger partial charge is 0.388 e. The fourth-order valence-electron chi connectivity index (χ4n) is 1.13. The lowest BCUT2D eigenvalue weighted by Gasteiger charge is -2.21. The van der Waals surface area contributed by atoms with Crippen LogP contribution < -0.4 is 10.6 Å². The van der Waals surface area contributed by atoms with E-state index in [1.807, 2.05) is 0 Å². The summed E-state index contributed by atoms with van der Waals surface area (Å²) < 4.78 is 36.5. The number of nitrogens with two attached hydrogens (primary N) is 1. The molecule has 0 aliphatic heterocycles. The summed E-state index contributed by atoms with van der Waals surface area (Å²) in [5, 5.41) is 0. The molecule has 1 aromatic heterocycles. The molecule has 0 saturated heterocycles. The van der Waals surface area contributed by atoms with E-state index in [-0.39, 0.29) is 16.5 Å². The van der Waals surface area contributed by atoms with Gasteiger partial charge in [-0.1, -0.05) is 12.2 Å². The van der Waals surface area contributed by atoms with Gasteiger partial charge in [-0.05, 0) is 0 Å². The molecule has 2 N–H and O–H groups in total. The molecule has 8 heteroatoms. The van der Waals surface area contributed by atoms with E-state index < -0.39 is 12.7 Å². The number of nitrogens with zero attached hydrogens (tertiary/aromatic N) is 3. The Morgan fingerprint density at radius 1 is 1.44 bits per heavy atom. The number of anilines is 1. The van der Waals surface area contributed by atoms with Crippen LogP contribution in [0, 0.1) is 0 Å². The van der Waals surface area contributed by atoms with Crippen LogP contribution in [0.4, 0.5) is 19.0 Å². The summed E-state index contributed by atoms with van der Waals surface area (Å²) in [5.74, 6) is 0.0207. The van der Waals surface area contributed by atoms with Crippen molar-refractivity contribution in [3.05, 3.63) is 18.1 Å². The Morgan fingerprint density at radius 2 is 2.00 bits per heavy atom. The molecule has 0 atom stereocenters. The molecule has 1 aromatic rings.